The third-order valence-corrected chi connectivity index (χ3v) is 4.29. The van der Waals surface area contributed by atoms with Gasteiger partial charge in [-0.3, -0.25) is 4.79 Å². The second-order valence-electron chi connectivity index (χ2n) is 6.10. The van der Waals surface area contributed by atoms with Crippen molar-refractivity contribution < 1.29 is 21.9 Å². The van der Waals surface area contributed by atoms with Gasteiger partial charge in [0.05, 0.1) is 0 Å². The van der Waals surface area contributed by atoms with Crippen molar-refractivity contribution in [2.45, 2.75) is 6.92 Å². The SMILES string of the molecule is C/C=C(/[C]1[CH][CH][CH][CH]1)C(=C1C=CC(=O)C=C1)c1ccccc1.[CH]1[CH][CH][CH][CH]1.[Fe+2]. The minimum absolute atomic E-state index is 0. The molecule has 0 saturated heterocycles. The van der Waals surface area contributed by atoms with E-state index in [1.165, 1.54) is 11.5 Å². The van der Waals surface area contributed by atoms with E-state index >= 15 is 0 Å². The van der Waals surface area contributed by atoms with Gasteiger partial charge >= 0.3 is 17.1 Å². The van der Waals surface area contributed by atoms with Crippen LogP contribution in [0.2, 0.25) is 0 Å². The van der Waals surface area contributed by atoms with E-state index in [1.54, 1.807) is 12.2 Å². The number of rotatable bonds is 3. The number of carbonyl (C=O) groups excluding carboxylic acids is 1. The van der Waals surface area contributed by atoms with Gasteiger partial charge in [-0.05, 0) is 99.1 Å². The van der Waals surface area contributed by atoms with E-state index in [0.29, 0.717) is 0 Å². The fourth-order valence-electron chi connectivity index (χ4n) is 3.03. The predicted octanol–water partition coefficient (Wildman–Crippen LogP) is 5.51. The molecule has 0 atom stereocenters. The summed E-state index contributed by atoms with van der Waals surface area (Å²) in [4.78, 5) is 11.4. The first-order valence-corrected chi connectivity index (χ1v) is 9.05. The van der Waals surface area contributed by atoms with Crippen LogP contribution < -0.4 is 0 Å². The molecule has 0 amide bonds. The summed E-state index contributed by atoms with van der Waals surface area (Å²) in [5.74, 6) is 1.22. The van der Waals surface area contributed by atoms with Gasteiger partial charge < -0.3 is 0 Å². The van der Waals surface area contributed by atoms with E-state index in [9.17, 15) is 4.79 Å². The topological polar surface area (TPSA) is 17.1 Å². The third kappa shape index (κ3) is 6.19. The Kier molecular flexibility index (Phi) is 9.74. The van der Waals surface area contributed by atoms with E-state index < -0.39 is 0 Å². The molecule has 1 aromatic rings. The van der Waals surface area contributed by atoms with Gasteiger partial charge in [-0.25, -0.2) is 0 Å². The largest absolute Gasteiger partial charge is 2.00 e. The smallest absolute Gasteiger partial charge is 0.290 e. The van der Waals surface area contributed by atoms with Crippen LogP contribution in [0.25, 0.3) is 5.57 Å². The Labute approximate surface area is 181 Å². The number of benzene rings is 1. The fourth-order valence-corrected chi connectivity index (χ4v) is 3.03. The predicted molar refractivity (Wildman–Crippen MR) is 112 cm³/mol. The maximum absolute atomic E-state index is 11.4. The molecule has 1 aromatic carbocycles. The summed E-state index contributed by atoms with van der Waals surface area (Å²) in [5, 5.41) is 0. The minimum atomic E-state index is 0. The third-order valence-electron chi connectivity index (χ3n) is 4.29. The first-order valence-electron chi connectivity index (χ1n) is 9.05. The van der Waals surface area contributed by atoms with Crippen LogP contribution in [0.4, 0.5) is 0 Å². The molecular weight excluding hydrogens is 384 g/mol. The molecule has 4 rings (SSSR count). The summed E-state index contributed by atoms with van der Waals surface area (Å²) in [6.45, 7) is 2.05. The van der Waals surface area contributed by atoms with Crippen molar-refractivity contribution in [3.63, 3.8) is 0 Å². The summed E-state index contributed by atoms with van der Waals surface area (Å²) in [6, 6.07) is 10.3. The van der Waals surface area contributed by atoms with Crippen LogP contribution in [0.5, 0.6) is 0 Å². The van der Waals surface area contributed by atoms with Gasteiger partial charge in [0.25, 0.3) is 0 Å². The summed E-state index contributed by atoms with van der Waals surface area (Å²) < 4.78 is 0. The van der Waals surface area contributed by atoms with Gasteiger partial charge in [-0.15, -0.1) is 0 Å². The number of hydrogen-bond donors (Lipinski definition) is 0. The quantitative estimate of drug-likeness (QED) is 0.606. The summed E-state index contributed by atoms with van der Waals surface area (Å²) in [6.07, 6.45) is 27.5. The molecular formula is C26H22FeO+2. The average Bonchev–Trinajstić information content (AvgIpc) is 3.44. The maximum Gasteiger partial charge on any atom is 2.00 e. The van der Waals surface area contributed by atoms with Crippen molar-refractivity contribution in [3.8, 4) is 0 Å². The molecule has 0 N–H and O–H groups in total. The second kappa shape index (κ2) is 12.0. The Hall–Kier alpha value is -1.63. The van der Waals surface area contributed by atoms with Gasteiger partial charge in [0, 0.05) is 5.92 Å². The van der Waals surface area contributed by atoms with Crippen molar-refractivity contribution in [2.75, 3.05) is 0 Å². The molecule has 0 spiro atoms. The molecule has 0 aliphatic heterocycles. The molecule has 0 unspecified atom stereocenters. The zero-order valence-corrected chi connectivity index (χ0v) is 16.8. The first-order chi connectivity index (χ1) is 13.3. The van der Waals surface area contributed by atoms with E-state index in [2.05, 4.69) is 31.1 Å². The number of hydrogen-bond acceptors (Lipinski definition) is 1. The van der Waals surface area contributed by atoms with Crippen molar-refractivity contribution in [2.24, 2.45) is 0 Å². The Bertz CT molecular complexity index is 716. The van der Waals surface area contributed by atoms with Crippen LogP contribution in [-0.2, 0) is 21.9 Å². The second-order valence-corrected chi connectivity index (χ2v) is 6.10. The van der Waals surface area contributed by atoms with Gasteiger partial charge in [-0.2, -0.15) is 0 Å². The Morgan fingerprint density at radius 2 is 1.29 bits per heavy atom. The van der Waals surface area contributed by atoms with Crippen LogP contribution in [0.3, 0.4) is 0 Å². The van der Waals surface area contributed by atoms with Gasteiger partial charge in [0.2, 0.25) is 0 Å². The monoisotopic (exact) mass is 406 g/mol. The van der Waals surface area contributed by atoms with Crippen LogP contribution in [0, 0.1) is 63.7 Å². The Morgan fingerprint density at radius 3 is 1.79 bits per heavy atom. The molecule has 3 aliphatic rings. The van der Waals surface area contributed by atoms with Crippen LogP contribution in [-0.4, -0.2) is 5.78 Å². The first kappa shape index (κ1) is 22.7. The van der Waals surface area contributed by atoms with Gasteiger partial charge in [0.15, 0.2) is 5.78 Å². The molecule has 1 nitrogen and oxygen atoms in total. The van der Waals surface area contributed by atoms with Crippen LogP contribution in [0.1, 0.15) is 12.5 Å². The Morgan fingerprint density at radius 1 is 0.750 bits per heavy atom. The molecule has 3 aliphatic carbocycles. The van der Waals surface area contributed by atoms with Crippen molar-refractivity contribution in [3.05, 3.63) is 141 Å². The molecule has 0 aromatic heterocycles. The minimum Gasteiger partial charge on any atom is -0.290 e. The van der Waals surface area contributed by atoms with Gasteiger partial charge in [0.1, 0.15) is 0 Å². The number of allylic oxidation sites excluding steroid dienone is 8. The van der Waals surface area contributed by atoms with E-state index in [1.807, 2.05) is 82.2 Å². The summed E-state index contributed by atoms with van der Waals surface area (Å²) >= 11 is 0. The Balaban J connectivity index is 0.000000408. The van der Waals surface area contributed by atoms with E-state index in [0.717, 1.165) is 16.7 Å². The molecule has 2 fully saturated rings. The molecule has 138 valence electrons. The molecule has 10 radical (unpaired) electrons. The summed E-state index contributed by atoms with van der Waals surface area (Å²) in [7, 11) is 0. The summed E-state index contributed by atoms with van der Waals surface area (Å²) in [5.41, 5.74) is 4.53. The zero-order chi connectivity index (χ0) is 18.9. The van der Waals surface area contributed by atoms with Gasteiger partial charge in [-0.1, -0.05) is 48.6 Å². The number of carbonyl (C=O) groups is 1. The maximum atomic E-state index is 11.4. The average molecular weight is 406 g/mol. The fraction of sp³-hybridized carbons (Fsp3) is 0.0385. The van der Waals surface area contributed by atoms with Crippen LogP contribution in [0.15, 0.2) is 71.9 Å². The van der Waals surface area contributed by atoms with E-state index in [-0.39, 0.29) is 22.9 Å². The standard InChI is InChI=1S/C21H17O.C5H5.Fe/c1-2-20(16-8-6-7-9-16)21(17-10-4-3-5-11-17)18-12-14-19(22)15-13-18;1-2-4-5-3-1;/h2-15H,1H3;1-5H;/q;;+2/b20-2-;;. The molecule has 28 heavy (non-hydrogen) atoms. The normalized spacial score (nSPS) is 19.2. The van der Waals surface area contributed by atoms with Crippen LogP contribution >= 0.6 is 0 Å². The molecule has 0 heterocycles. The molecule has 2 saturated carbocycles. The molecule has 2 heteroatoms. The van der Waals surface area contributed by atoms with Crippen molar-refractivity contribution in [1.82, 2.24) is 0 Å². The molecule has 0 bridgehead atoms. The van der Waals surface area contributed by atoms with E-state index in [4.69, 9.17) is 0 Å². The number of ketones is 1. The zero-order valence-electron chi connectivity index (χ0n) is 15.7. The van der Waals surface area contributed by atoms with Crippen molar-refractivity contribution >= 4 is 11.4 Å². The van der Waals surface area contributed by atoms with Crippen molar-refractivity contribution in [1.29, 1.82) is 0 Å².